The zero-order chi connectivity index (χ0) is 15.4. The van der Waals surface area contributed by atoms with Crippen LogP contribution in [0.2, 0.25) is 0 Å². The van der Waals surface area contributed by atoms with Crippen LogP contribution < -0.4 is 0 Å². The van der Waals surface area contributed by atoms with Crippen molar-refractivity contribution in [2.75, 3.05) is 13.7 Å². The van der Waals surface area contributed by atoms with Gasteiger partial charge in [-0.2, -0.15) is 0 Å². The zero-order valence-electron chi connectivity index (χ0n) is 12.7. The lowest BCUT2D eigenvalue weighted by Crippen LogP contribution is -2.37. The van der Waals surface area contributed by atoms with Gasteiger partial charge in [0.15, 0.2) is 5.76 Å². The molecule has 1 amide bonds. The normalized spacial score (nSPS) is 12.2. The molecule has 0 aliphatic rings. The lowest BCUT2D eigenvalue weighted by atomic mass is 10.1. The smallest absolute Gasteiger partial charge is 0.289 e. The summed E-state index contributed by atoms with van der Waals surface area (Å²) in [6, 6.07) is 11.3. The van der Waals surface area contributed by atoms with Crippen LogP contribution in [0.5, 0.6) is 0 Å². The van der Waals surface area contributed by atoms with E-state index in [2.05, 4.69) is 19.1 Å². The van der Waals surface area contributed by atoms with Crippen molar-refractivity contribution >= 4 is 5.91 Å². The maximum absolute atomic E-state index is 12.2. The van der Waals surface area contributed by atoms with E-state index < -0.39 is 0 Å². The molecule has 112 valence electrons. The Balaban J connectivity index is 2.19. The van der Waals surface area contributed by atoms with Crippen molar-refractivity contribution in [3.8, 4) is 11.3 Å². The number of benzene rings is 1. The van der Waals surface area contributed by atoms with Crippen molar-refractivity contribution < 1.29 is 14.3 Å². The van der Waals surface area contributed by atoms with E-state index in [9.17, 15) is 4.79 Å². The average molecular weight is 287 g/mol. The minimum absolute atomic E-state index is 0.0751. The summed E-state index contributed by atoms with van der Waals surface area (Å²) in [7, 11) is 1.65. The number of carbonyl (C=O) groups is 1. The molecule has 0 bridgehead atoms. The summed E-state index contributed by atoms with van der Waals surface area (Å²) in [5, 5.41) is 9.11. The maximum atomic E-state index is 12.2. The number of carbonyl (C=O) groups excluding carboxylic acids is 1. The number of aryl methyl sites for hydroxylation is 1. The van der Waals surface area contributed by atoms with E-state index in [0.717, 1.165) is 12.0 Å². The summed E-state index contributed by atoms with van der Waals surface area (Å²) in [5.41, 5.74) is 2.21. The Labute approximate surface area is 125 Å². The quantitative estimate of drug-likeness (QED) is 0.920. The molecule has 0 saturated heterocycles. The molecule has 4 nitrogen and oxygen atoms in total. The Morgan fingerprint density at radius 1 is 1.24 bits per heavy atom. The summed E-state index contributed by atoms with van der Waals surface area (Å²) >= 11 is 0. The maximum Gasteiger partial charge on any atom is 0.289 e. The molecule has 1 unspecified atom stereocenters. The monoisotopic (exact) mass is 287 g/mol. The summed E-state index contributed by atoms with van der Waals surface area (Å²) in [5.74, 6) is 0.728. The minimum Gasteiger partial charge on any atom is -0.451 e. The molecule has 2 aromatic rings. The van der Waals surface area contributed by atoms with Crippen LogP contribution in [0.1, 0.15) is 30.0 Å². The number of furan rings is 1. The van der Waals surface area contributed by atoms with Crippen molar-refractivity contribution in [2.45, 2.75) is 26.3 Å². The van der Waals surface area contributed by atoms with Crippen LogP contribution in [-0.4, -0.2) is 35.6 Å². The van der Waals surface area contributed by atoms with E-state index in [1.54, 1.807) is 26.1 Å². The van der Waals surface area contributed by atoms with Gasteiger partial charge >= 0.3 is 0 Å². The summed E-state index contributed by atoms with van der Waals surface area (Å²) in [6.07, 6.45) is 0.992. The first-order chi connectivity index (χ1) is 10.1. The predicted octanol–water partition coefficient (Wildman–Crippen LogP) is 2.96. The van der Waals surface area contributed by atoms with Crippen molar-refractivity contribution in [2.24, 2.45) is 0 Å². The van der Waals surface area contributed by atoms with Crippen molar-refractivity contribution in [1.82, 2.24) is 4.90 Å². The molecule has 21 heavy (non-hydrogen) atoms. The topological polar surface area (TPSA) is 53.7 Å². The van der Waals surface area contributed by atoms with Gasteiger partial charge in [0.2, 0.25) is 0 Å². The second-order valence-corrected chi connectivity index (χ2v) is 5.16. The molecule has 1 atom stereocenters. The zero-order valence-corrected chi connectivity index (χ0v) is 12.7. The lowest BCUT2D eigenvalue weighted by molar-refractivity contribution is 0.0651. The van der Waals surface area contributed by atoms with Crippen LogP contribution in [0, 0.1) is 0 Å². The molecule has 0 spiro atoms. The SMILES string of the molecule is CCc1ccc(-c2ccc(C(=O)N(C)C(C)CO)o2)cc1. The first-order valence-corrected chi connectivity index (χ1v) is 7.14. The van der Waals surface area contributed by atoms with E-state index in [1.807, 2.05) is 12.1 Å². The summed E-state index contributed by atoms with van der Waals surface area (Å²) < 4.78 is 5.65. The number of nitrogens with zero attached hydrogens (tertiary/aromatic N) is 1. The fourth-order valence-corrected chi connectivity index (χ4v) is 2.01. The van der Waals surface area contributed by atoms with E-state index in [1.165, 1.54) is 10.5 Å². The Bertz CT molecular complexity index is 601. The third-order valence-corrected chi connectivity index (χ3v) is 3.71. The molecule has 1 N–H and O–H groups in total. The largest absolute Gasteiger partial charge is 0.451 e. The van der Waals surface area contributed by atoms with Gasteiger partial charge in [0.1, 0.15) is 5.76 Å². The van der Waals surface area contributed by atoms with Gasteiger partial charge in [-0.15, -0.1) is 0 Å². The lowest BCUT2D eigenvalue weighted by Gasteiger charge is -2.21. The van der Waals surface area contributed by atoms with Crippen LogP contribution in [0.25, 0.3) is 11.3 Å². The number of amides is 1. The number of hydrogen-bond donors (Lipinski definition) is 1. The summed E-state index contributed by atoms with van der Waals surface area (Å²) in [6.45, 7) is 3.82. The molecule has 0 saturated carbocycles. The molecular weight excluding hydrogens is 266 g/mol. The van der Waals surface area contributed by atoms with Gasteiger partial charge in [0, 0.05) is 12.6 Å². The molecule has 1 heterocycles. The molecule has 2 rings (SSSR count). The van der Waals surface area contributed by atoms with E-state index >= 15 is 0 Å². The van der Waals surface area contributed by atoms with E-state index in [-0.39, 0.29) is 24.3 Å². The number of likely N-dealkylation sites (N-methyl/N-ethyl adjacent to an activating group) is 1. The fourth-order valence-electron chi connectivity index (χ4n) is 2.01. The molecule has 1 aromatic carbocycles. The van der Waals surface area contributed by atoms with Gasteiger partial charge in [0.25, 0.3) is 5.91 Å². The highest BCUT2D eigenvalue weighted by Gasteiger charge is 2.20. The second-order valence-electron chi connectivity index (χ2n) is 5.16. The van der Waals surface area contributed by atoms with Gasteiger partial charge < -0.3 is 14.4 Å². The number of rotatable bonds is 5. The third-order valence-electron chi connectivity index (χ3n) is 3.71. The van der Waals surface area contributed by atoms with E-state index in [4.69, 9.17) is 9.52 Å². The summed E-state index contributed by atoms with van der Waals surface area (Å²) in [4.78, 5) is 13.7. The van der Waals surface area contributed by atoms with Gasteiger partial charge in [-0.05, 0) is 31.0 Å². The first kappa shape index (κ1) is 15.3. The third kappa shape index (κ3) is 3.34. The first-order valence-electron chi connectivity index (χ1n) is 7.14. The van der Waals surface area contributed by atoms with Crippen molar-refractivity contribution in [3.05, 3.63) is 47.7 Å². The molecule has 4 heteroatoms. The van der Waals surface area contributed by atoms with Crippen molar-refractivity contribution in [3.63, 3.8) is 0 Å². The Kier molecular flexibility index (Phi) is 4.81. The van der Waals surface area contributed by atoms with Gasteiger partial charge in [-0.25, -0.2) is 0 Å². The second kappa shape index (κ2) is 6.59. The average Bonchev–Trinajstić information content (AvgIpc) is 3.02. The van der Waals surface area contributed by atoms with Crippen molar-refractivity contribution in [1.29, 1.82) is 0 Å². The highest BCUT2D eigenvalue weighted by Crippen LogP contribution is 2.23. The Morgan fingerprint density at radius 3 is 2.48 bits per heavy atom. The minimum atomic E-state index is -0.241. The van der Waals surface area contributed by atoms with Gasteiger partial charge in [-0.3, -0.25) is 4.79 Å². The molecule has 0 aliphatic carbocycles. The molecular formula is C17H21NO3. The molecule has 0 aliphatic heterocycles. The predicted molar refractivity (Wildman–Crippen MR) is 82.2 cm³/mol. The van der Waals surface area contributed by atoms with E-state index in [0.29, 0.717) is 5.76 Å². The van der Waals surface area contributed by atoms with Crippen LogP contribution in [0.15, 0.2) is 40.8 Å². The highest BCUT2D eigenvalue weighted by atomic mass is 16.4. The molecule has 0 fully saturated rings. The van der Waals surface area contributed by atoms with Crippen LogP contribution in [0.3, 0.4) is 0 Å². The number of aliphatic hydroxyl groups is 1. The fraction of sp³-hybridized carbons (Fsp3) is 0.353. The van der Waals surface area contributed by atoms with Crippen LogP contribution in [0.4, 0.5) is 0 Å². The van der Waals surface area contributed by atoms with Crippen LogP contribution >= 0.6 is 0 Å². The molecule has 0 radical (unpaired) electrons. The highest BCUT2D eigenvalue weighted by molar-refractivity contribution is 5.92. The number of hydrogen-bond acceptors (Lipinski definition) is 3. The van der Waals surface area contributed by atoms with Crippen LogP contribution in [-0.2, 0) is 6.42 Å². The van der Waals surface area contributed by atoms with Gasteiger partial charge in [-0.1, -0.05) is 31.2 Å². The van der Waals surface area contributed by atoms with Gasteiger partial charge in [0.05, 0.1) is 12.6 Å². The Morgan fingerprint density at radius 2 is 1.90 bits per heavy atom. The Hall–Kier alpha value is -2.07. The number of aliphatic hydroxyl groups excluding tert-OH is 1. The standard InChI is InChI=1S/C17H21NO3/c1-4-13-5-7-14(8-6-13)15-9-10-16(21-15)17(20)18(3)12(2)11-19/h5-10,12,19H,4,11H2,1-3H3. The molecule has 1 aromatic heterocycles.